The van der Waals surface area contributed by atoms with Gasteiger partial charge in [-0.05, 0) is 118 Å². The summed E-state index contributed by atoms with van der Waals surface area (Å²) >= 11 is 31.1. The van der Waals surface area contributed by atoms with E-state index >= 15 is 0 Å². The minimum absolute atomic E-state index is 0.0108. The number of anilines is 4. The molecular formula is C48H45Cl5N8O8. The van der Waals surface area contributed by atoms with Gasteiger partial charge in [0.15, 0.2) is 11.6 Å². The minimum Gasteiger partial charge on any atom is -0.494 e. The van der Waals surface area contributed by atoms with Crippen LogP contribution in [0.4, 0.5) is 34.1 Å². The number of benzene rings is 5. The van der Waals surface area contributed by atoms with Crippen molar-refractivity contribution in [2.45, 2.75) is 58.0 Å². The molecule has 2 atom stereocenters. The molecule has 2 unspecified atom stereocenters. The Morgan fingerprint density at radius 1 is 0.536 bits per heavy atom. The van der Waals surface area contributed by atoms with Crippen molar-refractivity contribution in [3.63, 3.8) is 0 Å². The molecular weight excluding hydrogens is 994 g/mol. The molecule has 5 aromatic rings. The highest BCUT2D eigenvalue weighted by atomic mass is 35.5. The number of hydrogen-bond acceptors (Lipinski definition) is 12. The molecule has 0 heterocycles. The molecule has 5 rings (SSSR count). The van der Waals surface area contributed by atoms with Gasteiger partial charge in [-0.15, -0.1) is 34.8 Å². The molecule has 0 bridgehead atoms. The number of aryl methyl sites for hydroxylation is 1. The SMILES string of the molecule is CCOc1ccc(CCl)c(NC(=O)c2ccc(Cl)c(N=NC(C(C)=O)C(=O)Nc3ccc(NC(=O)C(N=Nc4cc(C(=O)Nc5cc(OCC)ccc5CCl)ccc4Cl)C(C)=O)c(CCCl)c3)c2)c1. The van der Waals surface area contributed by atoms with Crippen LogP contribution in [0.25, 0.3) is 0 Å². The molecule has 0 saturated carbocycles. The maximum absolute atomic E-state index is 13.6. The fourth-order valence-corrected chi connectivity index (χ4v) is 7.31. The Hall–Kier alpha value is -6.43. The Balaban J connectivity index is 1.28. The summed E-state index contributed by atoms with van der Waals surface area (Å²) < 4.78 is 11.1. The van der Waals surface area contributed by atoms with Crippen LogP contribution in [0.5, 0.6) is 11.5 Å². The van der Waals surface area contributed by atoms with E-state index in [4.69, 9.17) is 67.5 Å². The first-order chi connectivity index (χ1) is 33.1. The summed E-state index contributed by atoms with van der Waals surface area (Å²) in [5, 5.41) is 27.2. The van der Waals surface area contributed by atoms with Crippen molar-refractivity contribution in [2.24, 2.45) is 20.5 Å². The molecule has 0 aliphatic carbocycles. The first-order valence-corrected chi connectivity index (χ1v) is 23.4. The Morgan fingerprint density at radius 3 is 1.42 bits per heavy atom. The number of azo groups is 2. The van der Waals surface area contributed by atoms with Gasteiger partial charge >= 0.3 is 0 Å². The van der Waals surface area contributed by atoms with Crippen molar-refractivity contribution in [2.75, 3.05) is 40.4 Å². The van der Waals surface area contributed by atoms with Crippen molar-refractivity contribution in [1.29, 1.82) is 0 Å². The first-order valence-electron chi connectivity index (χ1n) is 21.1. The Morgan fingerprint density at radius 2 is 1.00 bits per heavy atom. The van der Waals surface area contributed by atoms with Gasteiger partial charge in [0.25, 0.3) is 23.6 Å². The number of ether oxygens (including phenoxy) is 2. The number of halogens is 5. The van der Waals surface area contributed by atoms with Crippen LogP contribution in [0.1, 0.15) is 65.1 Å². The molecule has 5 aromatic carbocycles. The lowest BCUT2D eigenvalue weighted by Gasteiger charge is -2.16. The Kier molecular flexibility index (Phi) is 20.0. The Bertz CT molecular complexity index is 2810. The summed E-state index contributed by atoms with van der Waals surface area (Å²) in [4.78, 5) is 79.1. The number of nitrogens with one attached hydrogen (secondary N) is 4. The number of ketones is 2. The van der Waals surface area contributed by atoms with E-state index in [2.05, 4.69) is 41.7 Å². The van der Waals surface area contributed by atoms with Crippen molar-refractivity contribution in [1.82, 2.24) is 0 Å². The zero-order valence-corrected chi connectivity index (χ0v) is 41.3. The lowest BCUT2D eigenvalue weighted by Crippen LogP contribution is -2.32. The lowest BCUT2D eigenvalue weighted by atomic mass is 10.1. The van der Waals surface area contributed by atoms with Crippen LogP contribution in [0, 0.1) is 0 Å². The number of nitrogens with zero attached hydrogens (tertiary/aromatic N) is 4. The molecule has 0 radical (unpaired) electrons. The van der Waals surface area contributed by atoms with Crippen molar-refractivity contribution in [3.8, 4) is 11.5 Å². The molecule has 0 fully saturated rings. The van der Waals surface area contributed by atoms with Gasteiger partial charge < -0.3 is 30.7 Å². The summed E-state index contributed by atoms with van der Waals surface area (Å²) in [6.07, 6.45) is 0.198. The number of Topliss-reactive ketones (excluding diaryl/α,β-unsaturated/α-hetero) is 2. The largest absolute Gasteiger partial charge is 0.494 e. The number of hydrogen-bond donors (Lipinski definition) is 4. The Labute approximate surface area is 422 Å². The third-order valence-electron chi connectivity index (χ3n) is 9.81. The zero-order valence-electron chi connectivity index (χ0n) is 37.5. The molecule has 360 valence electrons. The highest BCUT2D eigenvalue weighted by Gasteiger charge is 2.26. The standard InChI is InChI=1S/C48H45Cl5N8O8/c1-5-68-34-12-7-31(24-50)39(22-34)56-45(64)29-9-14-36(52)41(20-29)58-60-43(26(3)62)47(66)54-33-11-16-38(28(19-33)17-18-49)55-48(67)44(27(4)63)61-59-42-21-30(10-15-37(42)53)46(65)57-40-23-35(69-6-2)13-8-32(40)25-51/h7-16,19-23,43-44H,5-6,17-18,24-25H2,1-4H3,(H,54,66)(H,55,67)(H,56,64)(H,57,65). The van der Waals surface area contributed by atoms with E-state index in [0.717, 1.165) is 13.8 Å². The van der Waals surface area contributed by atoms with Gasteiger partial charge in [-0.2, -0.15) is 20.5 Å². The first kappa shape index (κ1) is 53.5. The number of carbonyl (C=O) groups excluding carboxylic acids is 6. The van der Waals surface area contributed by atoms with Crippen molar-refractivity contribution < 1.29 is 38.2 Å². The van der Waals surface area contributed by atoms with E-state index < -0.39 is 47.3 Å². The van der Waals surface area contributed by atoms with Crippen LogP contribution in [0.15, 0.2) is 111 Å². The summed E-state index contributed by atoms with van der Waals surface area (Å²) in [6, 6.07) is 19.9. The van der Waals surface area contributed by atoms with E-state index in [9.17, 15) is 28.8 Å². The van der Waals surface area contributed by atoms with Crippen LogP contribution < -0.4 is 30.7 Å². The summed E-state index contributed by atoms with van der Waals surface area (Å²) in [5.74, 6) is -2.61. The van der Waals surface area contributed by atoms with Crippen LogP contribution in [-0.4, -0.2) is 66.4 Å². The third kappa shape index (κ3) is 14.8. The molecule has 0 aliphatic heterocycles. The summed E-state index contributed by atoms with van der Waals surface area (Å²) in [7, 11) is 0. The van der Waals surface area contributed by atoms with Gasteiger partial charge in [0.05, 0.1) is 23.3 Å². The second-order valence-electron chi connectivity index (χ2n) is 14.8. The zero-order chi connectivity index (χ0) is 50.2. The molecule has 16 nitrogen and oxygen atoms in total. The second kappa shape index (κ2) is 25.8. The molecule has 0 spiro atoms. The van der Waals surface area contributed by atoms with Crippen LogP contribution in [0.3, 0.4) is 0 Å². The topological polar surface area (TPSA) is 218 Å². The molecule has 21 heteroatoms. The normalized spacial score (nSPS) is 12.0. The maximum Gasteiger partial charge on any atom is 0.258 e. The van der Waals surface area contributed by atoms with Crippen LogP contribution >= 0.6 is 58.0 Å². The number of amides is 4. The highest BCUT2D eigenvalue weighted by Crippen LogP contribution is 2.32. The van der Waals surface area contributed by atoms with Gasteiger partial charge in [0, 0.05) is 63.6 Å². The van der Waals surface area contributed by atoms with E-state index in [-0.39, 0.29) is 68.0 Å². The molecule has 69 heavy (non-hydrogen) atoms. The average Bonchev–Trinajstić information content (AvgIpc) is 3.31. The molecule has 0 saturated heterocycles. The van der Waals surface area contributed by atoms with E-state index in [1.807, 2.05) is 13.8 Å². The van der Waals surface area contributed by atoms with E-state index in [1.54, 1.807) is 36.4 Å². The predicted molar refractivity (Wildman–Crippen MR) is 269 cm³/mol. The van der Waals surface area contributed by atoms with Gasteiger partial charge in [-0.25, -0.2) is 0 Å². The predicted octanol–water partition coefficient (Wildman–Crippen LogP) is 11.9. The number of carbonyl (C=O) groups is 6. The minimum atomic E-state index is -1.64. The van der Waals surface area contributed by atoms with Gasteiger partial charge in [0.2, 0.25) is 12.1 Å². The van der Waals surface area contributed by atoms with Gasteiger partial charge in [0.1, 0.15) is 22.9 Å². The van der Waals surface area contributed by atoms with Gasteiger partial charge in [-0.3, -0.25) is 28.8 Å². The summed E-state index contributed by atoms with van der Waals surface area (Å²) in [6.45, 7) is 6.82. The smallest absolute Gasteiger partial charge is 0.258 e. The van der Waals surface area contributed by atoms with Crippen LogP contribution in [0.2, 0.25) is 10.0 Å². The monoisotopic (exact) mass is 1040 g/mol. The van der Waals surface area contributed by atoms with Crippen molar-refractivity contribution >= 4 is 127 Å². The molecule has 4 N–H and O–H groups in total. The number of rotatable bonds is 22. The average molecular weight is 1040 g/mol. The maximum atomic E-state index is 13.6. The fourth-order valence-electron chi connectivity index (χ4n) is 6.33. The molecule has 4 amide bonds. The number of alkyl halides is 3. The second-order valence-corrected chi connectivity index (χ2v) is 16.5. The molecule has 0 aliphatic rings. The van der Waals surface area contributed by atoms with Gasteiger partial charge in [-0.1, -0.05) is 35.3 Å². The summed E-state index contributed by atoms with van der Waals surface area (Å²) in [5.41, 5.74) is 3.42. The van der Waals surface area contributed by atoms with E-state index in [0.29, 0.717) is 52.8 Å². The lowest BCUT2D eigenvalue weighted by molar-refractivity contribution is -0.127. The van der Waals surface area contributed by atoms with Crippen LogP contribution in [-0.2, 0) is 37.4 Å². The molecule has 0 aromatic heterocycles. The highest BCUT2D eigenvalue weighted by molar-refractivity contribution is 6.33. The van der Waals surface area contributed by atoms with E-state index in [1.165, 1.54) is 54.6 Å². The fraction of sp³-hybridized carbons (Fsp3) is 0.250. The quantitative estimate of drug-likeness (QED) is 0.0296. The third-order valence-corrected chi connectivity index (χ3v) is 11.2. The van der Waals surface area contributed by atoms with Crippen molar-refractivity contribution in [3.05, 3.63) is 129 Å².